The highest BCUT2D eigenvalue weighted by Crippen LogP contribution is 2.21. The Labute approximate surface area is 140 Å². The average molecular weight is 331 g/mol. The van der Waals surface area contributed by atoms with Gasteiger partial charge in [-0.05, 0) is 37.3 Å². The predicted octanol–water partition coefficient (Wildman–Crippen LogP) is 2.15. The van der Waals surface area contributed by atoms with Crippen LogP contribution in [0.5, 0.6) is 0 Å². The van der Waals surface area contributed by atoms with Crippen LogP contribution < -0.4 is 5.32 Å². The van der Waals surface area contributed by atoms with Crippen LogP contribution in [0.25, 0.3) is 6.08 Å². The van der Waals surface area contributed by atoms with Gasteiger partial charge in [0, 0.05) is 6.08 Å². The summed E-state index contributed by atoms with van der Waals surface area (Å²) < 4.78 is 5.23. The van der Waals surface area contributed by atoms with Crippen molar-refractivity contribution in [2.45, 2.75) is 44.2 Å². The second kappa shape index (κ2) is 8.86. The van der Waals surface area contributed by atoms with Crippen LogP contribution in [0, 0.1) is 0 Å². The van der Waals surface area contributed by atoms with Crippen molar-refractivity contribution in [2.75, 3.05) is 0 Å². The first-order valence-electron chi connectivity index (χ1n) is 8.00. The number of benzene rings is 1. The van der Waals surface area contributed by atoms with E-state index in [4.69, 9.17) is 4.74 Å². The normalized spacial score (nSPS) is 16.0. The highest BCUT2D eigenvalue weighted by atomic mass is 16.5. The molecular formula is C18H21NO5. The number of amides is 1. The summed E-state index contributed by atoms with van der Waals surface area (Å²) in [6.07, 6.45) is 5.98. The second-order valence-corrected chi connectivity index (χ2v) is 5.74. The summed E-state index contributed by atoms with van der Waals surface area (Å²) in [6, 6.07) is 7.85. The minimum Gasteiger partial charge on any atom is -0.480 e. The maximum Gasteiger partial charge on any atom is 0.326 e. The van der Waals surface area contributed by atoms with Crippen LogP contribution in [0.1, 0.15) is 37.7 Å². The second-order valence-electron chi connectivity index (χ2n) is 5.74. The molecule has 0 unspecified atom stereocenters. The smallest absolute Gasteiger partial charge is 0.326 e. The Hall–Kier alpha value is -2.63. The Morgan fingerprint density at radius 2 is 1.88 bits per heavy atom. The lowest BCUT2D eigenvalue weighted by Crippen LogP contribution is -2.42. The van der Waals surface area contributed by atoms with Crippen molar-refractivity contribution >= 4 is 23.9 Å². The molecule has 0 spiro atoms. The molecular weight excluding hydrogens is 310 g/mol. The van der Waals surface area contributed by atoms with Crippen molar-refractivity contribution in [1.29, 1.82) is 0 Å². The molecule has 1 fully saturated rings. The summed E-state index contributed by atoms with van der Waals surface area (Å²) in [4.78, 5) is 34.9. The monoisotopic (exact) mass is 331 g/mol. The number of aliphatic carboxylic acids is 1. The standard InChI is InChI=1S/C18H21NO5/c20-16(11-10-13-6-2-1-3-7-13)19-15(18(22)23)12-17(21)24-14-8-4-5-9-14/h1-3,6-7,10-11,14-15H,4-5,8-9,12H2,(H,19,20)(H,22,23)/b11-10+/t15-/m0/s1. The summed E-state index contributed by atoms with van der Waals surface area (Å²) in [6.45, 7) is 0. The van der Waals surface area contributed by atoms with Gasteiger partial charge >= 0.3 is 11.9 Å². The topological polar surface area (TPSA) is 92.7 Å². The number of hydrogen-bond acceptors (Lipinski definition) is 4. The molecule has 6 nitrogen and oxygen atoms in total. The van der Waals surface area contributed by atoms with Crippen molar-refractivity contribution in [3.63, 3.8) is 0 Å². The Kier molecular flexibility index (Phi) is 6.54. The van der Waals surface area contributed by atoms with Crippen LogP contribution in [-0.2, 0) is 19.1 Å². The van der Waals surface area contributed by atoms with Gasteiger partial charge in [0.05, 0.1) is 6.42 Å². The summed E-state index contributed by atoms with van der Waals surface area (Å²) in [5, 5.41) is 11.5. The Bertz CT molecular complexity index is 605. The van der Waals surface area contributed by atoms with Gasteiger partial charge in [0.2, 0.25) is 5.91 Å². The third-order valence-corrected chi connectivity index (χ3v) is 3.81. The lowest BCUT2D eigenvalue weighted by Gasteiger charge is -2.15. The van der Waals surface area contributed by atoms with Crippen molar-refractivity contribution in [3.8, 4) is 0 Å². The molecule has 0 aromatic heterocycles. The maximum absolute atomic E-state index is 11.8. The SMILES string of the molecule is O=C(/C=C/c1ccccc1)N[C@@H](CC(=O)OC1CCCC1)C(=O)O. The van der Waals surface area contributed by atoms with Gasteiger partial charge in [-0.1, -0.05) is 30.3 Å². The molecule has 0 radical (unpaired) electrons. The number of carbonyl (C=O) groups is 3. The molecule has 0 saturated heterocycles. The Balaban J connectivity index is 1.85. The van der Waals surface area contributed by atoms with Crippen molar-refractivity contribution in [3.05, 3.63) is 42.0 Å². The van der Waals surface area contributed by atoms with E-state index in [0.717, 1.165) is 31.2 Å². The van der Waals surface area contributed by atoms with E-state index < -0.39 is 23.9 Å². The lowest BCUT2D eigenvalue weighted by atomic mass is 10.2. The Morgan fingerprint density at radius 1 is 1.21 bits per heavy atom. The van der Waals surface area contributed by atoms with Gasteiger partial charge in [-0.3, -0.25) is 9.59 Å². The van der Waals surface area contributed by atoms with Crippen molar-refractivity contribution < 1.29 is 24.2 Å². The van der Waals surface area contributed by atoms with Crippen LogP contribution in [0.3, 0.4) is 0 Å². The number of carboxylic acid groups (broad SMARTS) is 1. The number of esters is 1. The van der Waals surface area contributed by atoms with Gasteiger partial charge in [0.1, 0.15) is 12.1 Å². The highest BCUT2D eigenvalue weighted by Gasteiger charge is 2.26. The molecule has 1 aliphatic rings. The summed E-state index contributed by atoms with van der Waals surface area (Å²) >= 11 is 0. The third kappa shape index (κ3) is 5.87. The van der Waals surface area contributed by atoms with E-state index in [0.29, 0.717) is 0 Å². The molecule has 2 N–H and O–H groups in total. The first-order chi connectivity index (χ1) is 11.5. The molecule has 1 aromatic carbocycles. The molecule has 0 heterocycles. The Morgan fingerprint density at radius 3 is 2.50 bits per heavy atom. The first-order valence-corrected chi connectivity index (χ1v) is 8.00. The highest BCUT2D eigenvalue weighted by molar-refractivity contribution is 5.95. The molecule has 1 aliphatic carbocycles. The van der Waals surface area contributed by atoms with Crippen LogP contribution in [0.15, 0.2) is 36.4 Å². The number of ether oxygens (including phenoxy) is 1. The molecule has 6 heteroatoms. The average Bonchev–Trinajstić information content (AvgIpc) is 3.06. The van der Waals surface area contributed by atoms with E-state index in [1.165, 1.54) is 6.08 Å². The van der Waals surface area contributed by atoms with E-state index in [9.17, 15) is 19.5 Å². The maximum atomic E-state index is 11.8. The van der Waals surface area contributed by atoms with Gasteiger partial charge in [0.15, 0.2) is 0 Å². The van der Waals surface area contributed by atoms with Crippen LogP contribution in [-0.4, -0.2) is 35.1 Å². The van der Waals surface area contributed by atoms with Crippen LogP contribution in [0.2, 0.25) is 0 Å². The number of carbonyl (C=O) groups excluding carboxylic acids is 2. The molecule has 1 amide bonds. The lowest BCUT2D eigenvalue weighted by molar-refractivity contribution is -0.153. The largest absolute Gasteiger partial charge is 0.480 e. The zero-order valence-electron chi connectivity index (χ0n) is 13.3. The van der Waals surface area contributed by atoms with Gasteiger partial charge in [-0.25, -0.2) is 4.79 Å². The fourth-order valence-electron chi connectivity index (χ4n) is 2.56. The summed E-state index contributed by atoms with van der Waals surface area (Å²) in [7, 11) is 0. The summed E-state index contributed by atoms with van der Waals surface area (Å²) in [5.74, 6) is -2.43. The molecule has 24 heavy (non-hydrogen) atoms. The van der Waals surface area contributed by atoms with E-state index >= 15 is 0 Å². The fraction of sp³-hybridized carbons (Fsp3) is 0.389. The number of rotatable bonds is 7. The van der Waals surface area contributed by atoms with E-state index in [-0.39, 0.29) is 12.5 Å². The fourth-order valence-corrected chi connectivity index (χ4v) is 2.56. The quantitative estimate of drug-likeness (QED) is 0.590. The van der Waals surface area contributed by atoms with Gasteiger partial charge in [0.25, 0.3) is 0 Å². The van der Waals surface area contributed by atoms with Gasteiger partial charge in [-0.2, -0.15) is 0 Å². The molecule has 1 saturated carbocycles. The van der Waals surface area contributed by atoms with Gasteiger partial charge in [-0.15, -0.1) is 0 Å². The molecule has 2 rings (SSSR count). The molecule has 1 atom stereocenters. The van der Waals surface area contributed by atoms with E-state index in [1.54, 1.807) is 6.08 Å². The van der Waals surface area contributed by atoms with Crippen molar-refractivity contribution in [2.24, 2.45) is 0 Å². The van der Waals surface area contributed by atoms with E-state index in [2.05, 4.69) is 5.32 Å². The molecule has 0 bridgehead atoms. The number of nitrogens with one attached hydrogen (secondary N) is 1. The van der Waals surface area contributed by atoms with E-state index in [1.807, 2.05) is 30.3 Å². The zero-order valence-corrected chi connectivity index (χ0v) is 13.3. The molecule has 0 aliphatic heterocycles. The van der Waals surface area contributed by atoms with Crippen LogP contribution >= 0.6 is 0 Å². The first kappa shape index (κ1) is 17.7. The summed E-state index contributed by atoms with van der Waals surface area (Å²) in [5.41, 5.74) is 0.820. The molecule has 1 aromatic rings. The van der Waals surface area contributed by atoms with Crippen molar-refractivity contribution in [1.82, 2.24) is 5.32 Å². The minimum atomic E-state index is -1.30. The zero-order chi connectivity index (χ0) is 17.4. The van der Waals surface area contributed by atoms with Crippen LogP contribution in [0.4, 0.5) is 0 Å². The predicted molar refractivity (Wildman–Crippen MR) is 88.0 cm³/mol. The third-order valence-electron chi connectivity index (χ3n) is 3.81. The van der Waals surface area contributed by atoms with Gasteiger partial charge < -0.3 is 15.2 Å². The number of carboxylic acids is 1. The molecule has 128 valence electrons. The number of hydrogen-bond donors (Lipinski definition) is 2. The minimum absolute atomic E-state index is 0.124.